The molecule has 27 heavy (non-hydrogen) atoms. The molecule has 3 nitrogen and oxygen atoms in total. The maximum Gasteiger partial charge on any atom is 0.118 e. The van der Waals surface area contributed by atoms with Crippen LogP contribution in [0.15, 0.2) is 54.6 Å². The quantitative estimate of drug-likeness (QED) is 0.751. The first-order valence-electron chi connectivity index (χ1n) is 9.51. The van der Waals surface area contributed by atoms with E-state index in [0.717, 1.165) is 49.7 Å². The van der Waals surface area contributed by atoms with E-state index in [1.807, 2.05) is 30.3 Å². The predicted molar refractivity (Wildman–Crippen MR) is 112 cm³/mol. The first-order chi connectivity index (χ1) is 13.1. The molecule has 0 aromatic heterocycles. The number of methoxy groups -OCH3 is 1. The van der Waals surface area contributed by atoms with Gasteiger partial charge in [0.25, 0.3) is 0 Å². The number of aliphatic hydroxyl groups excluding tert-OH is 1. The Balaban J connectivity index is 1.60. The number of rotatable bonds is 7. The molecule has 0 radical (unpaired) electrons. The van der Waals surface area contributed by atoms with E-state index >= 15 is 0 Å². The van der Waals surface area contributed by atoms with Crippen LogP contribution in [-0.4, -0.2) is 43.4 Å². The summed E-state index contributed by atoms with van der Waals surface area (Å²) in [6, 6.07) is 16.1. The Morgan fingerprint density at radius 1 is 1.22 bits per heavy atom. The maximum atomic E-state index is 10.2. The van der Waals surface area contributed by atoms with Crippen LogP contribution in [0.5, 0.6) is 5.75 Å². The summed E-state index contributed by atoms with van der Waals surface area (Å²) < 4.78 is 5.20. The molecule has 1 fully saturated rings. The summed E-state index contributed by atoms with van der Waals surface area (Å²) >= 11 is 6.14. The van der Waals surface area contributed by atoms with Gasteiger partial charge in [0.1, 0.15) is 5.75 Å². The number of halogens is 1. The van der Waals surface area contributed by atoms with Gasteiger partial charge in [-0.05, 0) is 61.2 Å². The fourth-order valence-corrected chi connectivity index (χ4v) is 4.14. The summed E-state index contributed by atoms with van der Waals surface area (Å²) in [6.07, 6.45) is 7.37. The van der Waals surface area contributed by atoms with Gasteiger partial charge in [0.05, 0.1) is 13.7 Å². The summed E-state index contributed by atoms with van der Waals surface area (Å²) in [5.41, 5.74) is 2.28. The van der Waals surface area contributed by atoms with Gasteiger partial charge in [-0.15, -0.1) is 0 Å². The molecule has 0 spiro atoms. The highest BCUT2D eigenvalue weighted by molar-refractivity contribution is 6.30. The highest BCUT2D eigenvalue weighted by atomic mass is 35.5. The van der Waals surface area contributed by atoms with Gasteiger partial charge in [-0.2, -0.15) is 0 Å². The molecule has 0 aliphatic carbocycles. The summed E-state index contributed by atoms with van der Waals surface area (Å²) in [5, 5.41) is 10.9. The summed E-state index contributed by atoms with van der Waals surface area (Å²) in [4.78, 5) is 2.43. The molecule has 2 aromatic rings. The molecule has 4 heteroatoms. The molecule has 0 amide bonds. The molecule has 2 aromatic carbocycles. The highest BCUT2D eigenvalue weighted by Crippen LogP contribution is 2.34. The van der Waals surface area contributed by atoms with Gasteiger partial charge < -0.3 is 9.84 Å². The molecule has 0 saturated carbocycles. The molecule has 1 atom stereocenters. The molecular formula is C23H28ClNO2. The lowest BCUT2D eigenvalue weighted by Crippen LogP contribution is -2.46. The molecule has 1 aliphatic rings. The Kier molecular flexibility index (Phi) is 6.95. The van der Waals surface area contributed by atoms with E-state index in [1.54, 1.807) is 7.11 Å². The van der Waals surface area contributed by atoms with Crippen LogP contribution < -0.4 is 4.74 Å². The lowest BCUT2D eigenvalue weighted by molar-refractivity contribution is 0.0376. The summed E-state index contributed by atoms with van der Waals surface area (Å²) in [5.74, 6) is 0.872. The standard InChI is InChI=1S/C23H28ClNO2/c1-27-22-10-8-19(9-11-22)6-3-13-25-14-4-12-23(17-25,18-26)16-20-5-2-7-21(24)15-20/h2-3,5-11,15,26H,4,12-14,16-18H2,1H3/b6-3+/t23-/m1/s1. The molecular weight excluding hydrogens is 358 g/mol. The zero-order chi connectivity index (χ0) is 19.1. The number of piperidine rings is 1. The van der Waals surface area contributed by atoms with Gasteiger partial charge >= 0.3 is 0 Å². The normalized spacial score (nSPS) is 20.9. The fraction of sp³-hybridized carbons (Fsp3) is 0.391. The average Bonchev–Trinajstić information content (AvgIpc) is 2.69. The molecule has 1 saturated heterocycles. The largest absolute Gasteiger partial charge is 0.497 e. The van der Waals surface area contributed by atoms with Crippen molar-refractivity contribution in [3.05, 3.63) is 70.8 Å². The minimum absolute atomic E-state index is 0.0864. The van der Waals surface area contributed by atoms with Crippen molar-refractivity contribution in [3.63, 3.8) is 0 Å². The third-order valence-electron chi connectivity index (χ3n) is 5.33. The van der Waals surface area contributed by atoms with Crippen molar-refractivity contribution in [1.29, 1.82) is 0 Å². The number of ether oxygens (including phenoxy) is 1. The minimum atomic E-state index is -0.0864. The topological polar surface area (TPSA) is 32.7 Å². The van der Waals surface area contributed by atoms with Crippen LogP contribution in [0, 0.1) is 5.41 Å². The Labute approximate surface area is 167 Å². The van der Waals surface area contributed by atoms with Gasteiger partial charge in [0.15, 0.2) is 0 Å². The van der Waals surface area contributed by atoms with Crippen molar-refractivity contribution in [2.45, 2.75) is 19.3 Å². The average molecular weight is 386 g/mol. The molecule has 3 rings (SSSR count). The van der Waals surface area contributed by atoms with E-state index in [1.165, 1.54) is 11.1 Å². The van der Waals surface area contributed by atoms with Gasteiger partial charge in [-0.3, -0.25) is 4.90 Å². The SMILES string of the molecule is COc1ccc(/C=C/CN2CCC[C@@](CO)(Cc3cccc(Cl)c3)C2)cc1. The number of hydrogen-bond acceptors (Lipinski definition) is 3. The number of aliphatic hydroxyl groups is 1. The van der Waals surface area contributed by atoms with Crippen LogP contribution in [-0.2, 0) is 6.42 Å². The third kappa shape index (κ3) is 5.58. The zero-order valence-corrected chi connectivity index (χ0v) is 16.7. The van der Waals surface area contributed by atoms with Crippen molar-refractivity contribution in [2.24, 2.45) is 5.41 Å². The van der Waals surface area contributed by atoms with Gasteiger partial charge in [0, 0.05) is 23.5 Å². The molecule has 1 heterocycles. The number of nitrogens with zero attached hydrogens (tertiary/aromatic N) is 1. The van der Waals surface area contributed by atoms with Crippen molar-refractivity contribution in [2.75, 3.05) is 33.4 Å². The Morgan fingerprint density at radius 2 is 2.04 bits per heavy atom. The fourth-order valence-electron chi connectivity index (χ4n) is 3.93. The smallest absolute Gasteiger partial charge is 0.118 e. The second-order valence-electron chi connectivity index (χ2n) is 7.48. The van der Waals surface area contributed by atoms with Crippen LogP contribution in [0.1, 0.15) is 24.0 Å². The van der Waals surface area contributed by atoms with Crippen LogP contribution >= 0.6 is 11.6 Å². The van der Waals surface area contributed by atoms with E-state index in [0.29, 0.717) is 0 Å². The van der Waals surface area contributed by atoms with E-state index in [9.17, 15) is 5.11 Å². The number of hydrogen-bond donors (Lipinski definition) is 1. The first-order valence-corrected chi connectivity index (χ1v) is 9.88. The minimum Gasteiger partial charge on any atom is -0.497 e. The van der Waals surface area contributed by atoms with E-state index < -0.39 is 0 Å². The lowest BCUT2D eigenvalue weighted by atomic mass is 9.76. The Hall–Kier alpha value is -1.81. The second kappa shape index (κ2) is 9.41. The predicted octanol–water partition coefficient (Wildman–Crippen LogP) is 4.68. The Bertz CT molecular complexity index is 759. The van der Waals surface area contributed by atoms with Gasteiger partial charge in [-0.1, -0.05) is 48.0 Å². The number of benzene rings is 2. The van der Waals surface area contributed by atoms with Crippen molar-refractivity contribution in [3.8, 4) is 5.75 Å². The second-order valence-corrected chi connectivity index (χ2v) is 7.92. The molecule has 1 N–H and O–H groups in total. The molecule has 0 bridgehead atoms. The van der Waals surface area contributed by atoms with Crippen LogP contribution in [0.3, 0.4) is 0 Å². The summed E-state index contributed by atoms with van der Waals surface area (Å²) in [7, 11) is 1.68. The van der Waals surface area contributed by atoms with Crippen LogP contribution in [0.2, 0.25) is 5.02 Å². The zero-order valence-electron chi connectivity index (χ0n) is 15.9. The van der Waals surface area contributed by atoms with Crippen molar-refractivity contribution in [1.82, 2.24) is 4.90 Å². The van der Waals surface area contributed by atoms with Gasteiger partial charge in [0.2, 0.25) is 0 Å². The Morgan fingerprint density at radius 3 is 2.74 bits per heavy atom. The van der Waals surface area contributed by atoms with Crippen molar-refractivity contribution < 1.29 is 9.84 Å². The van der Waals surface area contributed by atoms with E-state index in [4.69, 9.17) is 16.3 Å². The van der Waals surface area contributed by atoms with E-state index in [2.05, 4.69) is 35.3 Å². The van der Waals surface area contributed by atoms with Crippen LogP contribution in [0.4, 0.5) is 0 Å². The van der Waals surface area contributed by atoms with Crippen LogP contribution in [0.25, 0.3) is 6.08 Å². The third-order valence-corrected chi connectivity index (χ3v) is 5.57. The highest BCUT2D eigenvalue weighted by Gasteiger charge is 2.34. The number of likely N-dealkylation sites (tertiary alicyclic amines) is 1. The van der Waals surface area contributed by atoms with Crippen molar-refractivity contribution >= 4 is 17.7 Å². The first kappa shape index (κ1) is 19.9. The van der Waals surface area contributed by atoms with Gasteiger partial charge in [-0.25, -0.2) is 0 Å². The van der Waals surface area contributed by atoms with E-state index in [-0.39, 0.29) is 12.0 Å². The lowest BCUT2D eigenvalue weighted by Gasteiger charge is -2.41. The molecule has 1 aliphatic heterocycles. The molecule has 0 unspecified atom stereocenters. The monoisotopic (exact) mass is 385 g/mol. The molecule has 144 valence electrons. The summed E-state index contributed by atoms with van der Waals surface area (Å²) in [6.45, 7) is 3.08. The maximum absolute atomic E-state index is 10.2.